The van der Waals surface area contributed by atoms with E-state index in [2.05, 4.69) is 22.3 Å². The number of hydrogen-bond donors (Lipinski definition) is 1. The van der Waals surface area contributed by atoms with Crippen LogP contribution in [0.5, 0.6) is 5.88 Å². The lowest BCUT2D eigenvalue weighted by Gasteiger charge is -2.04. The van der Waals surface area contributed by atoms with Crippen molar-refractivity contribution in [2.75, 3.05) is 0 Å². The number of rotatable bonds is 3. The van der Waals surface area contributed by atoms with Crippen LogP contribution in [-0.2, 0) is 4.79 Å². The Bertz CT molecular complexity index is 276. The summed E-state index contributed by atoms with van der Waals surface area (Å²) in [5.74, 6) is 0.309. The SMILES string of the molecule is CC(S)c1ccnc(OC=O)c1. The molecule has 0 saturated heterocycles. The van der Waals surface area contributed by atoms with Crippen molar-refractivity contribution in [3.8, 4) is 5.88 Å². The molecular weight excluding hydrogens is 174 g/mol. The quantitative estimate of drug-likeness (QED) is 0.571. The molecule has 1 atom stereocenters. The molecule has 0 N–H and O–H groups in total. The summed E-state index contributed by atoms with van der Waals surface area (Å²) < 4.78 is 4.57. The highest BCUT2D eigenvalue weighted by Crippen LogP contribution is 2.20. The van der Waals surface area contributed by atoms with Gasteiger partial charge in [-0.15, -0.1) is 0 Å². The van der Waals surface area contributed by atoms with Crippen molar-refractivity contribution in [1.29, 1.82) is 0 Å². The van der Waals surface area contributed by atoms with E-state index < -0.39 is 0 Å². The molecule has 3 nitrogen and oxygen atoms in total. The van der Waals surface area contributed by atoms with E-state index in [-0.39, 0.29) is 5.25 Å². The van der Waals surface area contributed by atoms with Gasteiger partial charge in [-0.1, -0.05) is 0 Å². The van der Waals surface area contributed by atoms with E-state index in [1.165, 1.54) is 0 Å². The summed E-state index contributed by atoms with van der Waals surface area (Å²) >= 11 is 4.23. The molecule has 64 valence electrons. The fourth-order valence-corrected chi connectivity index (χ4v) is 0.959. The Morgan fingerprint density at radius 2 is 2.50 bits per heavy atom. The highest BCUT2D eigenvalue weighted by Gasteiger charge is 2.01. The maximum Gasteiger partial charge on any atom is 0.299 e. The van der Waals surface area contributed by atoms with Crippen LogP contribution in [0.1, 0.15) is 17.7 Å². The second kappa shape index (κ2) is 4.11. The van der Waals surface area contributed by atoms with Crippen molar-refractivity contribution < 1.29 is 9.53 Å². The summed E-state index contributed by atoms with van der Waals surface area (Å²) in [6.45, 7) is 2.29. The van der Waals surface area contributed by atoms with Crippen molar-refractivity contribution in [3.05, 3.63) is 23.9 Å². The van der Waals surface area contributed by atoms with Crippen LogP contribution < -0.4 is 4.74 Å². The predicted molar refractivity (Wildman–Crippen MR) is 48.3 cm³/mol. The molecule has 0 aromatic carbocycles. The van der Waals surface area contributed by atoms with E-state index in [0.29, 0.717) is 12.4 Å². The van der Waals surface area contributed by atoms with E-state index in [1.807, 2.05) is 13.0 Å². The van der Waals surface area contributed by atoms with Gasteiger partial charge >= 0.3 is 0 Å². The molecule has 0 aliphatic heterocycles. The molecule has 0 spiro atoms. The average molecular weight is 183 g/mol. The Morgan fingerprint density at radius 3 is 3.08 bits per heavy atom. The number of pyridine rings is 1. The minimum Gasteiger partial charge on any atom is -0.410 e. The summed E-state index contributed by atoms with van der Waals surface area (Å²) in [5.41, 5.74) is 0.977. The van der Waals surface area contributed by atoms with E-state index in [0.717, 1.165) is 5.56 Å². The Hall–Kier alpha value is -1.03. The van der Waals surface area contributed by atoms with Crippen molar-refractivity contribution in [1.82, 2.24) is 4.98 Å². The van der Waals surface area contributed by atoms with E-state index >= 15 is 0 Å². The molecular formula is C8H9NO2S. The van der Waals surface area contributed by atoms with Gasteiger partial charge in [0.2, 0.25) is 5.88 Å². The van der Waals surface area contributed by atoms with Gasteiger partial charge in [0.25, 0.3) is 6.47 Å². The van der Waals surface area contributed by atoms with Crippen LogP contribution in [-0.4, -0.2) is 11.5 Å². The van der Waals surface area contributed by atoms with Crippen LogP contribution in [0.15, 0.2) is 18.3 Å². The number of hydrogen-bond acceptors (Lipinski definition) is 4. The average Bonchev–Trinajstić information content (AvgIpc) is 2.05. The smallest absolute Gasteiger partial charge is 0.299 e. The number of aromatic nitrogens is 1. The number of thiol groups is 1. The van der Waals surface area contributed by atoms with Crippen molar-refractivity contribution in [2.24, 2.45) is 0 Å². The number of carbonyl (C=O) groups is 1. The standard InChI is InChI=1S/C8H9NO2S/c1-6(12)7-2-3-9-8(4-7)11-5-10/h2-6,12H,1H3. The molecule has 0 fully saturated rings. The lowest BCUT2D eigenvalue weighted by atomic mass is 10.2. The van der Waals surface area contributed by atoms with Crippen molar-refractivity contribution >= 4 is 19.1 Å². The summed E-state index contributed by atoms with van der Waals surface area (Å²) in [7, 11) is 0. The molecule has 0 amide bonds. The van der Waals surface area contributed by atoms with E-state index in [9.17, 15) is 4.79 Å². The van der Waals surface area contributed by atoms with E-state index in [1.54, 1.807) is 12.3 Å². The highest BCUT2D eigenvalue weighted by molar-refractivity contribution is 7.80. The number of nitrogens with zero attached hydrogens (tertiary/aromatic N) is 1. The third-order valence-corrected chi connectivity index (χ3v) is 1.71. The monoisotopic (exact) mass is 183 g/mol. The maximum absolute atomic E-state index is 9.97. The van der Waals surface area contributed by atoms with Crippen LogP contribution >= 0.6 is 12.6 Å². The first-order valence-corrected chi connectivity index (χ1v) is 4.00. The zero-order chi connectivity index (χ0) is 8.97. The van der Waals surface area contributed by atoms with Gasteiger partial charge in [-0.25, -0.2) is 4.98 Å². The van der Waals surface area contributed by atoms with Gasteiger partial charge in [0.15, 0.2) is 0 Å². The van der Waals surface area contributed by atoms with Gasteiger partial charge in [-0.05, 0) is 18.6 Å². The first-order valence-electron chi connectivity index (χ1n) is 3.48. The second-order valence-corrected chi connectivity index (χ2v) is 3.09. The van der Waals surface area contributed by atoms with Crippen LogP contribution in [0.25, 0.3) is 0 Å². The number of carbonyl (C=O) groups excluding carboxylic acids is 1. The molecule has 1 aromatic heterocycles. The summed E-state index contributed by atoms with van der Waals surface area (Å²) in [5, 5.41) is 0.113. The van der Waals surface area contributed by atoms with Crippen LogP contribution in [0.2, 0.25) is 0 Å². The Labute approximate surface area is 76.2 Å². The molecule has 1 aromatic rings. The van der Waals surface area contributed by atoms with Gasteiger partial charge in [0, 0.05) is 17.5 Å². The zero-order valence-corrected chi connectivity index (χ0v) is 7.49. The molecule has 0 aliphatic rings. The Balaban J connectivity index is 2.87. The minimum absolute atomic E-state index is 0.113. The van der Waals surface area contributed by atoms with Gasteiger partial charge in [-0.3, -0.25) is 4.79 Å². The fraction of sp³-hybridized carbons (Fsp3) is 0.250. The van der Waals surface area contributed by atoms with Crippen molar-refractivity contribution in [3.63, 3.8) is 0 Å². The van der Waals surface area contributed by atoms with Crippen LogP contribution in [0.4, 0.5) is 0 Å². The lowest BCUT2D eigenvalue weighted by molar-refractivity contribution is -0.120. The predicted octanol–water partition coefficient (Wildman–Crippen LogP) is 1.61. The molecule has 0 aliphatic carbocycles. The first kappa shape index (κ1) is 9.06. The highest BCUT2D eigenvalue weighted by atomic mass is 32.1. The fourth-order valence-electron chi connectivity index (χ4n) is 0.798. The molecule has 12 heavy (non-hydrogen) atoms. The summed E-state index contributed by atoms with van der Waals surface area (Å²) in [6.07, 6.45) is 1.58. The Kier molecular flexibility index (Phi) is 3.10. The van der Waals surface area contributed by atoms with Crippen LogP contribution in [0.3, 0.4) is 0 Å². The summed E-state index contributed by atoms with van der Waals surface area (Å²) in [6, 6.07) is 3.52. The number of ether oxygens (including phenoxy) is 1. The van der Waals surface area contributed by atoms with Gasteiger partial charge in [-0.2, -0.15) is 12.6 Å². The topological polar surface area (TPSA) is 39.2 Å². The molecule has 1 heterocycles. The molecule has 1 unspecified atom stereocenters. The molecule has 4 heteroatoms. The molecule has 0 radical (unpaired) electrons. The lowest BCUT2D eigenvalue weighted by Crippen LogP contribution is -1.93. The normalized spacial score (nSPS) is 12.2. The van der Waals surface area contributed by atoms with Gasteiger partial charge < -0.3 is 4.74 Å². The second-order valence-electron chi connectivity index (χ2n) is 2.32. The van der Waals surface area contributed by atoms with Crippen LogP contribution in [0, 0.1) is 0 Å². The maximum atomic E-state index is 9.97. The molecule has 0 saturated carbocycles. The van der Waals surface area contributed by atoms with Gasteiger partial charge in [0.05, 0.1) is 0 Å². The van der Waals surface area contributed by atoms with Gasteiger partial charge in [0.1, 0.15) is 0 Å². The minimum atomic E-state index is 0.113. The Morgan fingerprint density at radius 1 is 1.75 bits per heavy atom. The summed E-state index contributed by atoms with van der Waals surface area (Å²) in [4.78, 5) is 13.8. The largest absolute Gasteiger partial charge is 0.410 e. The molecule has 1 rings (SSSR count). The van der Waals surface area contributed by atoms with E-state index in [4.69, 9.17) is 0 Å². The zero-order valence-electron chi connectivity index (χ0n) is 6.60. The molecule has 0 bridgehead atoms. The first-order chi connectivity index (χ1) is 5.74. The third kappa shape index (κ3) is 2.23. The third-order valence-electron chi connectivity index (χ3n) is 1.41. The van der Waals surface area contributed by atoms with Crippen molar-refractivity contribution in [2.45, 2.75) is 12.2 Å².